The molecule has 0 aliphatic carbocycles. The van der Waals surface area contributed by atoms with E-state index in [0.29, 0.717) is 0 Å². The molecule has 0 radical (unpaired) electrons. The maximum atomic E-state index is 11.2. The molecule has 0 amide bonds. The minimum atomic E-state index is -2.91. The van der Waals surface area contributed by atoms with Gasteiger partial charge in [0.2, 0.25) is 0 Å². The van der Waals surface area contributed by atoms with Crippen molar-refractivity contribution in [3.05, 3.63) is 0 Å². The summed E-state index contributed by atoms with van der Waals surface area (Å²) in [5.41, 5.74) is -2.91. The van der Waals surface area contributed by atoms with Crippen molar-refractivity contribution < 1.29 is 111 Å². The number of hydrogen-bond donors (Lipinski definition) is 4. The first-order valence-corrected chi connectivity index (χ1v) is 5.19. The maximum Gasteiger partial charge on any atom is 1.00 e. The summed E-state index contributed by atoms with van der Waals surface area (Å²) < 4.78 is 4.07. The van der Waals surface area contributed by atoms with E-state index in [1.807, 2.05) is 0 Å². The molecule has 1 atom stereocenters. The number of carboxylic acids is 3. The monoisotopic (exact) mass is 340 g/mol. The summed E-state index contributed by atoms with van der Waals surface area (Å²) >= 11 is 0. The van der Waals surface area contributed by atoms with Crippen LogP contribution in [0.2, 0.25) is 0 Å². The summed E-state index contributed by atoms with van der Waals surface area (Å²) in [5.74, 6) is -7.62. The van der Waals surface area contributed by atoms with Crippen molar-refractivity contribution in [1.82, 2.24) is 0 Å². The average Bonchev–Trinajstić information content (AvgIpc) is 2.24. The van der Waals surface area contributed by atoms with Crippen LogP contribution in [0.5, 0.6) is 0 Å². The van der Waals surface area contributed by atoms with E-state index in [1.165, 1.54) is 0 Å². The van der Waals surface area contributed by atoms with Gasteiger partial charge in [0.15, 0.2) is 5.60 Å². The molecule has 116 valence electrons. The number of carbonyl (C=O) groups is 5. The van der Waals surface area contributed by atoms with Gasteiger partial charge in [0.25, 0.3) is 0 Å². The first-order chi connectivity index (χ1) is 9.06. The van der Waals surface area contributed by atoms with Crippen LogP contribution >= 0.6 is 0 Å². The number of ether oxygens (including phenoxy) is 1. The van der Waals surface area contributed by atoms with E-state index in [-0.39, 0.29) is 62.0 Å². The fourth-order valence-corrected chi connectivity index (χ4v) is 1.13. The van der Waals surface area contributed by atoms with Gasteiger partial charge in [-0.2, -0.15) is 0 Å². The minimum absolute atomic E-state index is 0. The van der Waals surface area contributed by atoms with Crippen LogP contribution in [0.15, 0.2) is 0 Å². The van der Waals surface area contributed by atoms with E-state index < -0.39 is 61.1 Å². The third kappa shape index (κ3) is 11.1. The zero-order valence-electron chi connectivity index (χ0n) is 14.1. The van der Waals surface area contributed by atoms with Crippen molar-refractivity contribution in [1.29, 1.82) is 0 Å². The number of hydrogen-bond acceptors (Lipinski definition) is 7. The molecule has 0 spiro atoms. The Morgan fingerprint density at radius 3 is 1.68 bits per heavy atom. The quantitative estimate of drug-likeness (QED) is 0.189. The van der Waals surface area contributed by atoms with Gasteiger partial charge < -0.3 is 28.0 Å². The summed E-state index contributed by atoms with van der Waals surface area (Å²) in [6.07, 6.45) is -3.73. The summed E-state index contributed by atoms with van der Waals surface area (Å²) in [7, 11) is 0. The molecular formula is C10H14Na2O10. The predicted octanol–water partition coefficient (Wildman–Crippen LogP) is -7.17. The predicted molar refractivity (Wildman–Crippen MR) is 59.6 cm³/mol. The van der Waals surface area contributed by atoms with Crippen LogP contribution in [0, 0.1) is 0 Å². The van der Waals surface area contributed by atoms with Crippen LogP contribution in [0.4, 0.5) is 0 Å². The van der Waals surface area contributed by atoms with Crippen molar-refractivity contribution in [2.75, 3.05) is 0 Å². The number of carboxylic acid groups (broad SMARTS) is 3. The molecule has 1 unspecified atom stereocenters. The molecule has 0 rings (SSSR count). The van der Waals surface area contributed by atoms with Crippen molar-refractivity contribution in [2.24, 2.45) is 0 Å². The number of rotatable bonds is 8. The fraction of sp³-hybridized carbons (Fsp3) is 0.500. The van der Waals surface area contributed by atoms with Gasteiger partial charge in [0, 0.05) is 0 Å². The van der Waals surface area contributed by atoms with Gasteiger partial charge in [-0.05, 0) is 0 Å². The van der Waals surface area contributed by atoms with Crippen molar-refractivity contribution in [3.63, 3.8) is 0 Å². The molecule has 12 heteroatoms. The van der Waals surface area contributed by atoms with Crippen LogP contribution in [-0.4, -0.2) is 55.9 Å². The van der Waals surface area contributed by atoms with E-state index in [1.54, 1.807) is 0 Å². The number of aliphatic hydroxyl groups is 1. The number of aliphatic carboxylic acids is 3. The molecule has 10 nitrogen and oxygen atoms in total. The maximum absolute atomic E-state index is 11.2. The Morgan fingerprint density at radius 2 is 1.32 bits per heavy atom. The SMILES string of the molecule is O=C(O)CCC(=O)OC(=O)CC(O)(CC(=O)O)C(=O)O.[H-].[H-].[Na+].[Na+]. The van der Waals surface area contributed by atoms with E-state index in [2.05, 4.69) is 4.74 Å². The van der Waals surface area contributed by atoms with Crippen molar-refractivity contribution in [2.45, 2.75) is 31.3 Å². The molecule has 0 aliphatic rings. The molecule has 0 saturated heterocycles. The van der Waals surface area contributed by atoms with Crippen LogP contribution in [0.1, 0.15) is 28.5 Å². The molecule has 0 aromatic rings. The van der Waals surface area contributed by atoms with Gasteiger partial charge in [-0.15, -0.1) is 0 Å². The third-order valence-electron chi connectivity index (χ3n) is 2.05. The number of carbonyl (C=O) groups excluding carboxylic acids is 2. The normalized spacial score (nSPS) is 11.9. The summed E-state index contributed by atoms with van der Waals surface area (Å²) in [5, 5.41) is 34.8. The standard InChI is InChI=1S/C10H12O10.2Na.2H/c11-5(12)1-2-7(15)20-8(16)4-10(19,9(17)18)3-6(13)14;;;;/h19H,1-4H2,(H,11,12)(H,13,14)(H,17,18);;;;/q;2*+1;2*-1. The second kappa shape index (κ2) is 12.0. The Hall–Kier alpha value is -0.490. The van der Waals surface area contributed by atoms with E-state index in [9.17, 15) is 29.1 Å². The zero-order chi connectivity index (χ0) is 15.9. The first-order valence-electron chi connectivity index (χ1n) is 5.19. The van der Waals surface area contributed by atoms with Gasteiger partial charge in [-0.3, -0.25) is 19.2 Å². The van der Waals surface area contributed by atoms with E-state index >= 15 is 0 Å². The van der Waals surface area contributed by atoms with Gasteiger partial charge in [-0.1, -0.05) is 0 Å². The largest absolute Gasteiger partial charge is 1.00 e. The minimum Gasteiger partial charge on any atom is -1.00 e. The topological polar surface area (TPSA) is 175 Å². The summed E-state index contributed by atoms with van der Waals surface area (Å²) in [6, 6.07) is 0. The Kier molecular flexibility index (Phi) is 14.4. The van der Waals surface area contributed by atoms with Crippen molar-refractivity contribution >= 4 is 29.8 Å². The first kappa shape index (κ1) is 26.4. The van der Waals surface area contributed by atoms with Gasteiger partial charge in [0.05, 0.1) is 25.7 Å². The molecule has 4 N–H and O–H groups in total. The zero-order valence-corrected chi connectivity index (χ0v) is 16.1. The average molecular weight is 340 g/mol. The molecular weight excluding hydrogens is 326 g/mol. The Balaban J connectivity index is -0.000000301. The van der Waals surface area contributed by atoms with Crippen LogP contribution in [0.3, 0.4) is 0 Å². The molecule has 0 heterocycles. The Morgan fingerprint density at radius 1 is 0.818 bits per heavy atom. The molecule has 0 saturated carbocycles. The molecule has 0 aliphatic heterocycles. The summed E-state index contributed by atoms with van der Waals surface area (Å²) in [4.78, 5) is 53.4. The second-order valence-corrected chi connectivity index (χ2v) is 3.82. The molecule has 0 fully saturated rings. The summed E-state index contributed by atoms with van der Waals surface area (Å²) in [6.45, 7) is 0. The number of esters is 2. The van der Waals surface area contributed by atoms with Gasteiger partial charge in [0.1, 0.15) is 0 Å². The van der Waals surface area contributed by atoms with Crippen LogP contribution in [-0.2, 0) is 28.7 Å². The van der Waals surface area contributed by atoms with Gasteiger partial charge in [-0.25, -0.2) is 4.79 Å². The second-order valence-electron chi connectivity index (χ2n) is 3.82. The van der Waals surface area contributed by atoms with Gasteiger partial charge >= 0.3 is 89.0 Å². The van der Waals surface area contributed by atoms with E-state index in [4.69, 9.17) is 15.3 Å². The Bertz CT molecular complexity index is 459. The van der Waals surface area contributed by atoms with E-state index in [0.717, 1.165) is 0 Å². The van der Waals surface area contributed by atoms with Crippen molar-refractivity contribution in [3.8, 4) is 0 Å². The molecule has 0 aromatic heterocycles. The molecule has 0 bridgehead atoms. The smallest absolute Gasteiger partial charge is 1.00 e. The molecule has 22 heavy (non-hydrogen) atoms. The Labute approximate surface area is 171 Å². The van der Waals surface area contributed by atoms with Crippen LogP contribution in [0.25, 0.3) is 0 Å². The fourth-order valence-electron chi connectivity index (χ4n) is 1.13. The molecule has 0 aromatic carbocycles. The van der Waals surface area contributed by atoms with Crippen LogP contribution < -0.4 is 59.1 Å². The third-order valence-corrected chi connectivity index (χ3v) is 2.05.